The van der Waals surface area contributed by atoms with Gasteiger partial charge in [-0.2, -0.15) is 0 Å². The van der Waals surface area contributed by atoms with Gasteiger partial charge in [-0.1, -0.05) is 20.3 Å². The van der Waals surface area contributed by atoms with E-state index in [9.17, 15) is 9.59 Å². The third kappa shape index (κ3) is 8.74. The molecule has 0 aromatic carbocycles. The highest BCUT2D eigenvalue weighted by atomic mass is 32.1. The molecule has 7 heteroatoms. The zero-order valence-electron chi connectivity index (χ0n) is 10.7. The summed E-state index contributed by atoms with van der Waals surface area (Å²) in [5.74, 6) is -1.20. The van der Waals surface area contributed by atoms with Gasteiger partial charge < -0.3 is 10.8 Å². The van der Waals surface area contributed by atoms with E-state index in [1.165, 1.54) is 0 Å². The van der Waals surface area contributed by atoms with Gasteiger partial charge in [0.15, 0.2) is 5.11 Å². The zero-order chi connectivity index (χ0) is 14.1. The summed E-state index contributed by atoms with van der Waals surface area (Å²) in [6, 6.07) is 0. The van der Waals surface area contributed by atoms with Gasteiger partial charge in [-0.15, -0.1) is 0 Å². The molecule has 6 nitrogen and oxygen atoms in total. The van der Waals surface area contributed by atoms with Crippen LogP contribution in [0, 0.1) is 11.8 Å². The third-order valence-electron chi connectivity index (χ3n) is 2.49. The molecule has 18 heavy (non-hydrogen) atoms. The van der Waals surface area contributed by atoms with Crippen LogP contribution in [0.2, 0.25) is 0 Å². The van der Waals surface area contributed by atoms with Gasteiger partial charge >= 0.3 is 5.97 Å². The van der Waals surface area contributed by atoms with Gasteiger partial charge in [0.25, 0.3) is 0 Å². The maximum atomic E-state index is 11.3. The minimum atomic E-state index is -0.856. The molecule has 0 aromatic rings. The number of hydrogen-bond acceptors (Lipinski definition) is 3. The van der Waals surface area contributed by atoms with Gasteiger partial charge in [-0.25, -0.2) is 0 Å². The second kappa shape index (κ2) is 8.68. The van der Waals surface area contributed by atoms with Crippen molar-refractivity contribution in [3.63, 3.8) is 0 Å². The van der Waals surface area contributed by atoms with Crippen LogP contribution in [0.5, 0.6) is 0 Å². The number of carboxylic acid groups (broad SMARTS) is 1. The van der Waals surface area contributed by atoms with Crippen LogP contribution in [0.25, 0.3) is 0 Å². The molecule has 0 aliphatic heterocycles. The molecule has 0 saturated heterocycles. The standard InChI is InChI=1S/C11H21N3O3S/c1-7(2)3-4-8(10(16)17)5-6-9(15)13-14-11(12)18/h7-8H,3-6H2,1-2H3,(H,13,15)(H,16,17)(H3,12,14,18). The maximum Gasteiger partial charge on any atom is 0.306 e. The average molecular weight is 275 g/mol. The van der Waals surface area contributed by atoms with Crippen molar-refractivity contribution in [2.24, 2.45) is 17.6 Å². The Balaban J connectivity index is 3.99. The molecule has 1 amide bonds. The number of aliphatic carboxylic acids is 1. The first-order valence-electron chi connectivity index (χ1n) is 5.90. The Morgan fingerprint density at radius 1 is 1.22 bits per heavy atom. The van der Waals surface area contributed by atoms with Gasteiger partial charge in [0.1, 0.15) is 0 Å². The summed E-state index contributed by atoms with van der Waals surface area (Å²) in [7, 11) is 0. The molecule has 1 atom stereocenters. The van der Waals surface area contributed by atoms with Crippen molar-refractivity contribution in [1.82, 2.24) is 10.9 Å². The first-order chi connectivity index (χ1) is 8.32. The van der Waals surface area contributed by atoms with E-state index in [0.717, 1.165) is 6.42 Å². The topological polar surface area (TPSA) is 104 Å². The molecule has 0 spiro atoms. The Bertz CT molecular complexity index is 308. The van der Waals surface area contributed by atoms with Gasteiger partial charge in [0, 0.05) is 6.42 Å². The molecule has 0 rings (SSSR count). The summed E-state index contributed by atoms with van der Waals surface area (Å²) in [4.78, 5) is 22.3. The molecule has 1 unspecified atom stereocenters. The molecular formula is C11H21N3O3S. The predicted molar refractivity (Wildman–Crippen MR) is 72.5 cm³/mol. The van der Waals surface area contributed by atoms with Crippen LogP contribution in [0.1, 0.15) is 39.5 Å². The zero-order valence-corrected chi connectivity index (χ0v) is 11.5. The quantitative estimate of drug-likeness (QED) is 0.404. The summed E-state index contributed by atoms with van der Waals surface area (Å²) < 4.78 is 0. The predicted octanol–water partition coefficient (Wildman–Crippen LogP) is 0.768. The molecule has 0 bridgehead atoms. The minimum absolute atomic E-state index is 0.0297. The normalized spacial score (nSPS) is 11.9. The molecule has 0 aliphatic carbocycles. The SMILES string of the molecule is CC(C)CCC(CCC(=O)NNC(N)=S)C(=O)O. The summed E-state index contributed by atoms with van der Waals surface area (Å²) in [6.07, 6.45) is 1.87. The molecule has 0 heterocycles. The van der Waals surface area contributed by atoms with Crippen molar-refractivity contribution in [3.8, 4) is 0 Å². The number of carboxylic acids is 1. The number of hydrazine groups is 1. The number of nitrogens with one attached hydrogen (secondary N) is 2. The van der Waals surface area contributed by atoms with E-state index in [-0.39, 0.29) is 17.4 Å². The number of thiocarbonyl (C=S) groups is 1. The van der Waals surface area contributed by atoms with Gasteiger partial charge in [-0.05, 0) is 31.0 Å². The van der Waals surface area contributed by atoms with E-state index in [0.29, 0.717) is 18.8 Å². The highest BCUT2D eigenvalue weighted by molar-refractivity contribution is 7.80. The highest BCUT2D eigenvalue weighted by Crippen LogP contribution is 2.17. The molecular weight excluding hydrogens is 254 g/mol. The highest BCUT2D eigenvalue weighted by Gasteiger charge is 2.18. The van der Waals surface area contributed by atoms with Gasteiger partial charge in [0.2, 0.25) is 5.91 Å². The number of carbonyl (C=O) groups is 2. The van der Waals surface area contributed by atoms with Crippen molar-refractivity contribution in [2.75, 3.05) is 0 Å². The third-order valence-corrected chi connectivity index (χ3v) is 2.59. The lowest BCUT2D eigenvalue weighted by molar-refractivity contribution is -0.142. The van der Waals surface area contributed by atoms with Gasteiger partial charge in [-0.3, -0.25) is 20.4 Å². The number of amides is 1. The minimum Gasteiger partial charge on any atom is -0.481 e. The Kier molecular flexibility index (Phi) is 8.02. The second-order valence-electron chi connectivity index (χ2n) is 4.58. The Labute approximate surface area is 112 Å². The number of hydrogen-bond donors (Lipinski definition) is 4. The fourth-order valence-corrected chi connectivity index (χ4v) is 1.48. The lowest BCUT2D eigenvalue weighted by Gasteiger charge is -2.13. The fourth-order valence-electron chi connectivity index (χ4n) is 1.42. The van der Waals surface area contributed by atoms with Crippen LogP contribution in [0.4, 0.5) is 0 Å². The summed E-state index contributed by atoms with van der Waals surface area (Å²) in [5.41, 5.74) is 9.74. The summed E-state index contributed by atoms with van der Waals surface area (Å²) >= 11 is 4.52. The second-order valence-corrected chi connectivity index (χ2v) is 5.02. The lowest BCUT2D eigenvalue weighted by Crippen LogP contribution is -2.44. The molecule has 0 aromatic heterocycles. The fraction of sp³-hybridized carbons (Fsp3) is 0.727. The molecule has 5 N–H and O–H groups in total. The van der Waals surface area contributed by atoms with Gasteiger partial charge in [0.05, 0.1) is 5.92 Å². The Morgan fingerprint density at radius 3 is 2.28 bits per heavy atom. The van der Waals surface area contributed by atoms with E-state index in [4.69, 9.17) is 10.8 Å². The maximum absolute atomic E-state index is 11.3. The lowest BCUT2D eigenvalue weighted by atomic mass is 9.94. The van der Waals surface area contributed by atoms with E-state index < -0.39 is 11.9 Å². The van der Waals surface area contributed by atoms with E-state index in [1.807, 2.05) is 13.8 Å². The van der Waals surface area contributed by atoms with E-state index in [2.05, 4.69) is 23.1 Å². The average Bonchev–Trinajstić information content (AvgIpc) is 2.25. The van der Waals surface area contributed by atoms with Crippen LogP contribution < -0.4 is 16.6 Å². The van der Waals surface area contributed by atoms with Crippen LogP contribution in [0.15, 0.2) is 0 Å². The molecule has 0 radical (unpaired) electrons. The summed E-state index contributed by atoms with van der Waals surface area (Å²) in [6.45, 7) is 4.08. The smallest absolute Gasteiger partial charge is 0.306 e. The number of rotatable bonds is 7. The molecule has 104 valence electrons. The Morgan fingerprint density at radius 2 is 1.83 bits per heavy atom. The van der Waals surface area contributed by atoms with Crippen molar-refractivity contribution < 1.29 is 14.7 Å². The first-order valence-corrected chi connectivity index (χ1v) is 6.30. The number of carbonyl (C=O) groups excluding carboxylic acids is 1. The monoisotopic (exact) mass is 275 g/mol. The molecule has 0 fully saturated rings. The Hall–Kier alpha value is -1.37. The van der Waals surface area contributed by atoms with E-state index in [1.54, 1.807) is 0 Å². The van der Waals surface area contributed by atoms with Crippen LogP contribution >= 0.6 is 12.2 Å². The van der Waals surface area contributed by atoms with Crippen molar-refractivity contribution >= 4 is 29.2 Å². The number of nitrogens with two attached hydrogens (primary N) is 1. The van der Waals surface area contributed by atoms with Crippen molar-refractivity contribution in [2.45, 2.75) is 39.5 Å². The molecule has 0 saturated carbocycles. The van der Waals surface area contributed by atoms with E-state index >= 15 is 0 Å². The van der Waals surface area contributed by atoms with Crippen molar-refractivity contribution in [1.29, 1.82) is 0 Å². The molecule has 0 aliphatic rings. The van der Waals surface area contributed by atoms with Crippen LogP contribution in [-0.2, 0) is 9.59 Å². The van der Waals surface area contributed by atoms with Crippen LogP contribution in [0.3, 0.4) is 0 Å². The summed E-state index contributed by atoms with van der Waals surface area (Å²) in [5, 5.41) is 9.00. The van der Waals surface area contributed by atoms with Crippen molar-refractivity contribution in [3.05, 3.63) is 0 Å². The largest absolute Gasteiger partial charge is 0.481 e. The first kappa shape index (κ1) is 16.6. The van der Waals surface area contributed by atoms with Crippen LogP contribution in [-0.4, -0.2) is 22.1 Å².